The smallest absolute Gasteiger partial charge is 0.420 e. The molecule has 10 aromatic rings. The summed E-state index contributed by atoms with van der Waals surface area (Å²) in [5, 5.41) is 14.6. The molecule has 0 radical (unpaired) electrons. The van der Waals surface area contributed by atoms with Crippen LogP contribution < -0.4 is 38.7 Å². The van der Waals surface area contributed by atoms with Gasteiger partial charge in [-0.1, -0.05) is 24.3 Å². The summed E-state index contributed by atoms with van der Waals surface area (Å²) in [6, 6.07) is 26.0. The second kappa shape index (κ2) is 27.0. The number of hydrogen-bond acceptors (Lipinski definition) is 16. The molecule has 0 unspecified atom stereocenters. The number of hydrazine groups is 1. The molecule has 0 aliphatic rings. The Morgan fingerprint density at radius 3 is 1.40 bits per heavy atom. The minimum Gasteiger partial charge on any atom is -0.478 e. The van der Waals surface area contributed by atoms with E-state index in [1.807, 2.05) is 0 Å². The molecule has 11 N–H and O–H groups in total. The molecule has 6 heterocycles. The third-order valence-corrected chi connectivity index (χ3v) is 11.9. The maximum absolute atomic E-state index is 14.0. The van der Waals surface area contributed by atoms with Crippen LogP contribution in [0.5, 0.6) is 0 Å². The van der Waals surface area contributed by atoms with Gasteiger partial charge < -0.3 is 41.8 Å². The van der Waals surface area contributed by atoms with Crippen molar-refractivity contribution in [2.45, 2.75) is 32.0 Å². The van der Waals surface area contributed by atoms with E-state index in [1.165, 1.54) is 110 Å². The van der Waals surface area contributed by atoms with Crippen LogP contribution in [0.25, 0.3) is 56.3 Å². The summed E-state index contributed by atoms with van der Waals surface area (Å²) in [6.07, 6.45) is 8.43. The zero-order valence-corrected chi connectivity index (χ0v) is 44.0. The summed E-state index contributed by atoms with van der Waals surface area (Å²) in [5.74, 6) is -1.25. The quantitative estimate of drug-likeness (QED) is 0.0269. The Labute approximate surface area is 477 Å². The van der Waals surface area contributed by atoms with E-state index in [1.54, 1.807) is 61.1 Å². The number of nitrogen functional groups attached to an aromatic ring is 2. The number of nitrogens with two attached hydrogens (primary N) is 3. The van der Waals surface area contributed by atoms with Crippen LogP contribution in [0.3, 0.4) is 0 Å². The lowest BCUT2D eigenvalue weighted by Crippen LogP contribution is -2.29. The minimum absolute atomic E-state index is 0.0221. The maximum atomic E-state index is 14.0. The molecule has 10 rings (SSSR count). The van der Waals surface area contributed by atoms with Gasteiger partial charge in [-0.3, -0.25) is 40.2 Å². The molecule has 3 amide bonds. The lowest BCUT2D eigenvalue weighted by molar-refractivity contribution is -0.137. The van der Waals surface area contributed by atoms with Crippen molar-refractivity contribution in [3.8, 4) is 22.3 Å². The molecule has 26 heteroatoms. The van der Waals surface area contributed by atoms with E-state index in [2.05, 4.69) is 51.4 Å². The van der Waals surface area contributed by atoms with Gasteiger partial charge in [-0.2, -0.15) is 26.3 Å². The van der Waals surface area contributed by atoms with Crippen LogP contribution in [0, 0.1) is 0 Å². The van der Waals surface area contributed by atoms with E-state index in [0.29, 0.717) is 46.3 Å². The highest BCUT2D eigenvalue weighted by Gasteiger charge is 2.36. The number of aromatic nitrogens is 6. The Morgan fingerprint density at radius 1 is 0.541 bits per heavy atom. The van der Waals surface area contributed by atoms with Crippen LogP contribution in [0.2, 0.25) is 0 Å². The van der Waals surface area contributed by atoms with Crippen LogP contribution in [0.4, 0.5) is 43.8 Å². The van der Waals surface area contributed by atoms with Gasteiger partial charge in [0.25, 0.3) is 5.91 Å². The number of fused-ring (bicyclic) bond motifs is 2. The normalized spacial score (nSPS) is 11.4. The van der Waals surface area contributed by atoms with Crippen LogP contribution >= 0.6 is 0 Å². The molecule has 20 nitrogen and oxygen atoms in total. The number of aromatic carboxylic acids is 1. The summed E-state index contributed by atoms with van der Waals surface area (Å²) >= 11 is 0. The van der Waals surface area contributed by atoms with Crippen LogP contribution in [0.1, 0.15) is 60.2 Å². The SMILES string of the molecule is NCc1cnccn1.Nc1ccc(/C=C/C(=O)NCc2cc3cc(-c4ccc(C(=O)NNc5cnccn5)cc4)cc(C(F)(F)F)c3o2)cn1.Nc1ccc(/C=C/C(=O)NCc2cc3cc(-c4ccc(C(=O)O)cc4)cc(C(F)(F)F)c3o2)cn1. The number of furan rings is 2. The van der Waals surface area contributed by atoms with Gasteiger partial charge in [0, 0.05) is 78.4 Å². The molecule has 0 bridgehead atoms. The van der Waals surface area contributed by atoms with Crippen LogP contribution in [-0.4, -0.2) is 58.7 Å². The first-order valence-electron chi connectivity index (χ1n) is 25.0. The Balaban J connectivity index is 0.000000198. The molecule has 432 valence electrons. The van der Waals surface area contributed by atoms with Gasteiger partial charge in [-0.25, -0.2) is 19.7 Å². The average molecular weight is 1160 g/mol. The first-order valence-corrected chi connectivity index (χ1v) is 25.0. The second-order valence-corrected chi connectivity index (χ2v) is 18.0. The van der Waals surface area contributed by atoms with E-state index < -0.39 is 47.2 Å². The Kier molecular flexibility index (Phi) is 19.0. The molecule has 0 atom stereocenters. The molecule has 0 fully saturated rings. The third-order valence-electron chi connectivity index (χ3n) is 11.9. The van der Waals surface area contributed by atoms with Gasteiger partial charge in [0.2, 0.25) is 11.8 Å². The highest BCUT2D eigenvalue weighted by Crippen LogP contribution is 2.41. The highest BCUT2D eigenvalue weighted by atomic mass is 19.4. The van der Waals surface area contributed by atoms with Crippen molar-refractivity contribution < 1.29 is 59.5 Å². The number of benzene rings is 4. The number of carboxylic acids is 1. The lowest BCUT2D eigenvalue weighted by atomic mass is 9.99. The van der Waals surface area contributed by atoms with Crippen LogP contribution in [0.15, 0.2) is 180 Å². The monoisotopic (exact) mass is 1160 g/mol. The molecule has 85 heavy (non-hydrogen) atoms. The van der Waals surface area contributed by atoms with Crippen molar-refractivity contribution in [3.05, 3.63) is 222 Å². The van der Waals surface area contributed by atoms with Crippen LogP contribution in [-0.2, 0) is 41.6 Å². The number of anilines is 3. The van der Waals surface area contributed by atoms with Gasteiger partial charge in [0.1, 0.15) is 34.3 Å². The maximum Gasteiger partial charge on any atom is 0.420 e. The molecule has 4 aromatic carbocycles. The zero-order chi connectivity index (χ0) is 60.7. The van der Waals surface area contributed by atoms with E-state index in [0.717, 1.165) is 17.8 Å². The molecule has 0 saturated carbocycles. The van der Waals surface area contributed by atoms with Gasteiger partial charge in [0.05, 0.1) is 41.7 Å². The molecule has 0 aliphatic carbocycles. The number of carboxylic acid groups (broad SMARTS) is 1. The fourth-order valence-electron chi connectivity index (χ4n) is 7.79. The number of nitrogens with zero attached hydrogens (tertiary/aromatic N) is 6. The van der Waals surface area contributed by atoms with Crippen molar-refractivity contribution >= 4 is 75.2 Å². The van der Waals surface area contributed by atoms with E-state index >= 15 is 0 Å². The largest absolute Gasteiger partial charge is 0.478 e. The first-order chi connectivity index (χ1) is 40.7. The van der Waals surface area contributed by atoms with Crippen molar-refractivity contribution in [2.24, 2.45) is 5.73 Å². The molecule has 6 aromatic heterocycles. The summed E-state index contributed by atoms with van der Waals surface area (Å²) in [6.45, 7) is 0.211. The third kappa shape index (κ3) is 16.7. The zero-order valence-electron chi connectivity index (χ0n) is 44.0. The summed E-state index contributed by atoms with van der Waals surface area (Å²) in [5.41, 5.74) is 22.6. The van der Waals surface area contributed by atoms with E-state index in [9.17, 15) is 45.5 Å². The van der Waals surface area contributed by atoms with Gasteiger partial charge >= 0.3 is 18.3 Å². The van der Waals surface area contributed by atoms with Crippen molar-refractivity contribution in [1.82, 2.24) is 46.0 Å². The summed E-state index contributed by atoms with van der Waals surface area (Å²) in [7, 11) is 0. The number of alkyl halides is 6. The topological polar surface area (TPSA) is 318 Å². The van der Waals surface area contributed by atoms with Crippen molar-refractivity contribution in [3.63, 3.8) is 0 Å². The summed E-state index contributed by atoms with van der Waals surface area (Å²) < 4.78 is 94.2. The Morgan fingerprint density at radius 2 is 1.01 bits per heavy atom. The molecule has 0 saturated heterocycles. The predicted molar refractivity (Wildman–Crippen MR) is 302 cm³/mol. The fraction of sp³-hybridized carbons (Fsp3) is 0.0847. The Bertz CT molecular complexity index is 4010. The summed E-state index contributed by atoms with van der Waals surface area (Å²) in [4.78, 5) is 71.2. The molecular weight excluding hydrogens is 1120 g/mol. The predicted octanol–water partition coefficient (Wildman–Crippen LogP) is 10.0. The fourth-order valence-corrected chi connectivity index (χ4v) is 7.79. The van der Waals surface area contributed by atoms with E-state index in [4.69, 9.17) is 31.1 Å². The number of hydrogen-bond donors (Lipinski definition) is 8. The number of rotatable bonds is 15. The first kappa shape index (κ1) is 59.8. The number of nitrogens with one attached hydrogen (secondary N) is 4. The van der Waals surface area contributed by atoms with Gasteiger partial charge in [-0.15, -0.1) is 0 Å². The Hall–Kier alpha value is -11.3. The highest BCUT2D eigenvalue weighted by molar-refractivity contribution is 5.96. The molecule has 0 spiro atoms. The number of carbonyl (C=O) groups excluding carboxylic acids is 3. The standard InChI is InChI=1S/C29H22F3N7O3.C25H18F3N3O4.C5H7N3/c30-29(31,32)23-13-20(18-3-5-19(6-4-18)28(41)39-38-25-16-34-9-10-35-25)11-21-12-22(42-27(21)23)15-37-26(40)8-2-17-1-7-24(33)36-14-17;26-25(27,28)20-11-17(15-3-5-16(6-4-15)24(33)34)9-18-10-19(35-23(18)20)13-31-22(32)8-2-14-1-7-21(29)30-12-14;6-3-5-4-7-1-2-8-5/h1-14,16H,15H2,(H2,33,36)(H,35,38)(H,37,40)(H,39,41);1-12H,13H2,(H2,29,30)(H,31,32)(H,33,34);1-2,4H,3,6H2/b2*8-2+;. The second-order valence-electron chi connectivity index (χ2n) is 18.0. The number of halogens is 6. The van der Waals surface area contributed by atoms with Crippen molar-refractivity contribution in [2.75, 3.05) is 16.9 Å². The minimum atomic E-state index is -4.70. The molecular formula is C59H47F6N13O7. The van der Waals surface area contributed by atoms with Gasteiger partial charge in [-0.05, 0) is 130 Å². The van der Waals surface area contributed by atoms with E-state index in [-0.39, 0.29) is 68.8 Å². The van der Waals surface area contributed by atoms with Gasteiger partial charge in [0.15, 0.2) is 5.82 Å². The molecule has 0 aliphatic heterocycles. The number of pyridine rings is 2. The van der Waals surface area contributed by atoms with Crippen molar-refractivity contribution in [1.29, 1.82) is 0 Å². The number of carbonyl (C=O) groups is 4. The lowest BCUT2D eigenvalue weighted by Gasteiger charge is -2.11. The number of amides is 3. The average Bonchev–Trinajstić information content (AvgIpc) is 3.56.